The van der Waals surface area contributed by atoms with Crippen LogP contribution >= 0.6 is 0 Å². The van der Waals surface area contributed by atoms with Crippen LogP contribution in [0.1, 0.15) is 27.2 Å². The Hall–Kier alpha value is -2.64. The van der Waals surface area contributed by atoms with E-state index in [9.17, 15) is 4.79 Å². The molecule has 1 N–H and O–H groups in total. The summed E-state index contributed by atoms with van der Waals surface area (Å²) in [6.45, 7) is 6.85. The van der Waals surface area contributed by atoms with Crippen molar-refractivity contribution in [2.24, 2.45) is 7.05 Å². The molecule has 2 aromatic heterocycles. The fourth-order valence-electron chi connectivity index (χ4n) is 2.75. The van der Waals surface area contributed by atoms with E-state index in [0.717, 1.165) is 17.8 Å². The lowest BCUT2D eigenvalue weighted by molar-refractivity contribution is 0.0293. The van der Waals surface area contributed by atoms with Gasteiger partial charge >= 0.3 is 6.09 Å². The molecule has 1 aliphatic heterocycles. The van der Waals surface area contributed by atoms with Crippen LogP contribution in [0.25, 0.3) is 11.4 Å². The summed E-state index contributed by atoms with van der Waals surface area (Å²) >= 11 is 0. The van der Waals surface area contributed by atoms with E-state index < -0.39 is 5.60 Å². The number of carbonyl (C=O) groups excluding carboxylic acids is 1. The second kappa shape index (κ2) is 6.70. The summed E-state index contributed by atoms with van der Waals surface area (Å²) in [5.41, 5.74) is 1.25. The largest absolute Gasteiger partial charge is 0.444 e. The molecular formula is C17H24N6O2. The summed E-state index contributed by atoms with van der Waals surface area (Å²) in [4.78, 5) is 22.7. The molecule has 8 nitrogen and oxygen atoms in total. The Bertz CT molecular complexity index is 752. The average molecular weight is 344 g/mol. The summed E-state index contributed by atoms with van der Waals surface area (Å²) in [5.74, 6) is 0.551. The third-order valence-corrected chi connectivity index (χ3v) is 3.91. The van der Waals surface area contributed by atoms with Crippen LogP contribution in [0.2, 0.25) is 0 Å². The van der Waals surface area contributed by atoms with Gasteiger partial charge in [-0.25, -0.2) is 14.8 Å². The third-order valence-electron chi connectivity index (χ3n) is 3.91. The van der Waals surface area contributed by atoms with Crippen molar-refractivity contribution in [3.8, 4) is 11.4 Å². The molecule has 1 fully saturated rings. The van der Waals surface area contributed by atoms with E-state index in [1.54, 1.807) is 22.0 Å². The number of nitrogens with zero attached hydrogens (tertiary/aromatic N) is 5. The third kappa shape index (κ3) is 4.26. The van der Waals surface area contributed by atoms with Gasteiger partial charge in [-0.2, -0.15) is 5.10 Å². The highest BCUT2D eigenvalue weighted by molar-refractivity contribution is 5.68. The van der Waals surface area contributed by atoms with Gasteiger partial charge in [-0.1, -0.05) is 0 Å². The first-order valence-electron chi connectivity index (χ1n) is 8.38. The zero-order valence-electron chi connectivity index (χ0n) is 15.1. The Morgan fingerprint density at radius 3 is 2.80 bits per heavy atom. The van der Waals surface area contributed by atoms with Crippen molar-refractivity contribution in [2.45, 2.75) is 38.8 Å². The molecule has 1 amide bonds. The van der Waals surface area contributed by atoms with E-state index in [-0.39, 0.29) is 12.1 Å². The van der Waals surface area contributed by atoms with Gasteiger partial charge in [0.05, 0.1) is 11.4 Å². The van der Waals surface area contributed by atoms with E-state index in [4.69, 9.17) is 4.74 Å². The molecule has 8 heteroatoms. The number of aromatic nitrogens is 4. The van der Waals surface area contributed by atoms with E-state index in [1.165, 1.54) is 0 Å². The molecule has 25 heavy (non-hydrogen) atoms. The molecule has 0 aromatic carbocycles. The van der Waals surface area contributed by atoms with Crippen LogP contribution in [-0.2, 0) is 11.8 Å². The maximum atomic E-state index is 12.1. The monoisotopic (exact) mass is 344 g/mol. The standard InChI is InChI=1S/C17H24N6O2/c1-17(2,3)25-16(24)23-10-7-12(11-23)20-15-18-8-5-13(21-15)14-6-9-19-22(14)4/h5-6,8-9,12H,7,10-11H2,1-4H3,(H,18,20,21). The Balaban J connectivity index is 1.62. The van der Waals surface area contributed by atoms with Gasteiger partial charge < -0.3 is 15.0 Å². The first kappa shape index (κ1) is 17.2. The highest BCUT2D eigenvalue weighted by Crippen LogP contribution is 2.19. The molecule has 3 heterocycles. The predicted octanol–water partition coefficient (Wildman–Crippen LogP) is 2.30. The summed E-state index contributed by atoms with van der Waals surface area (Å²) in [6, 6.07) is 3.87. The van der Waals surface area contributed by atoms with Crippen molar-refractivity contribution < 1.29 is 9.53 Å². The molecule has 134 valence electrons. The molecule has 1 saturated heterocycles. The number of nitrogens with one attached hydrogen (secondary N) is 1. The van der Waals surface area contributed by atoms with Gasteiger partial charge in [0.15, 0.2) is 0 Å². The van der Waals surface area contributed by atoms with Crippen LogP contribution in [0.3, 0.4) is 0 Å². The lowest BCUT2D eigenvalue weighted by Crippen LogP contribution is -2.36. The zero-order valence-corrected chi connectivity index (χ0v) is 15.1. The van der Waals surface area contributed by atoms with E-state index in [1.807, 2.05) is 40.0 Å². The molecule has 0 saturated carbocycles. The number of hydrogen-bond acceptors (Lipinski definition) is 6. The van der Waals surface area contributed by atoms with Crippen molar-refractivity contribution in [3.63, 3.8) is 0 Å². The molecule has 0 bridgehead atoms. The van der Waals surface area contributed by atoms with Crippen LogP contribution in [0, 0.1) is 0 Å². The summed E-state index contributed by atoms with van der Waals surface area (Å²) in [5, 5.41) is 7.47. The molecular weight excluding hydrogens is 320 g/mol. The first-order chi connectivity index (χ1) is 11.8. The van der Waals surface area contributed by atoms with Gasteiger partial charge in [0, 0.05) is 38.6 Å². The van der Waals surface area contributed by atoms with Crippen molar-refractivity contribution in [1.29, 1.82) is 0 Å². The quantitative estimate of drug-likeness (QED) is 0.919. The highest BCUT2D eigenvalue weighted by atomic mass is 16.6. The second-order valence-corrected chi connectivity index (χ2v) is 7.16. The second-order valence-electron chi connectivity index (χ2n) is 7.16. The van der Waals surface area contributed by atoms with Crippen molar-refractivity contribution in [2.75, 3.05) is 18.4 Å². The topological polar surface area (TPSA) is 85.2 Å². The molecule has 1 unspecified atom stereocenters. The predicted molar refractivity (Wildman–Crippen MR) is 94.1 cm³/mol. The fourth-order valence-corrected chi connectivity index (χ4v) is 2.75. The lowest BCUT2D eigenvalue weighted by atomic mass is 10.2. The highest BCUT2D eigenvalue weighted by Gasteiger charge is 2.30. The minimum absolute atomic E-state index is 0.106. The minimum atomic E-state index is -0.483. The normalized spacial score (nSPS) is 17.6. The molecule has 0 radical (unpaired) electrons. The number of likely N-dealkylation sites (tertiary alicyclic amines) is 1. The summed E-state index contributed by atoms with van der Waals surface area (Å²) in [6.07, 6.45) is 4.01. The van der Waals surface area contributed by atoms with Crippen LogP contribution < -0.4 is 5.32 Å². The summed E-state index contributed by atoms with van der Waals surface area (Å²) in [7, 11) is 1.88. The van der Waals surface area contributed by atoms with E-state index in [0.29, 0.717) is 19.0 Å². The molecule has 1 aliphatic rings. The van der Waals surface area contributed by atoms with Crippen LogP contribution in [0.15, 0.2) is 24.5 Å². The van der Waals surface area contributed by atoms with Crippen molar-refractivity contribution in [1.82, 2.24) is 24.6 Å². The van der Waals surface area contributed by atoms with Gasteiger partial charge in [0.2, 0.25) is 5.95 Å². The smallest absolute Gasteiger partial charge is 0.410 e. The first-order valence-corrected chi connectivity index (χ1v) is 8.38. The number of anilines is 1. The lowest BCUT2D eigenvalue weighted by Gasteiger charge is -2.24. The Kier molecular flexibility index (Phi) is 4.61. The van der Waals surface area contributed by atoms with Crippen LogP contribution in [0.5, 0.6) is 0 Å². The minimum Gasteiger partial charge on any atom is -0.444 e. The fraction of sp³-hybridized carbons (Fsp3) is 0.529. The Labute approximate surface area is 147 Å². The van der Waals surface area contributed by atoms with Crippen LogP contribution in [0.4, 0.5) is 10.7 Å². The summed E-state index contributed by atoms with van der Waals surface area (Å²) < 4.78 is 7.19. The molecule has 1 atom stereocenters. The number of carbonyl (C=O) groups is 1. The SMILES string of the molecule is Cn1nccc1-c1ccnc(NC2CCN(C(=O)OC(C)(C)C)C2)n1. The van der Waals surface area contributed by atoms with E-state index >= 15 is 0 Å². The number of hydrogen-bond donors (Lipinski definition) is 1. The van der Waals surface area contributed by atoms with Gasteiger partial charge in [-0.05, 0) is 39.3 Å². The average Bonchev–Trinajstić information content (AvgIpc) is 3.15. The number of ether oxygens (including phenoxy) is 1. The van der Waals surface area contributed by atoms with Crippen LogP contribution in [-0.4, -0.2) is 55.5 Å². The van der Waals surface area contributed by atoms with Crippen molar-refractivity contribution >= 4 is 12.0 Å². The molecule has 0 spiro atoms. The van der Waals surface area contributed by atoms with Gasteiger partial charge in [-0.15, -0.1) is 0 Å². The molecule has 3 rings (SSSR count). The van der Waals surface area contributed by atoms with Crippen molar-refractivity contribution in [3.05, 3.63) is 24.5 Å². The number of aryl methyl sites for hydroxylation is 1. The zero-order chi connectivity index (χ0) is 18.0. The number of rotatable bonds is 3. The molecule has 2 aromatic rings. The van der Waals surface area contributed by atoms with Gasteiger partial charge in [0.1, 0.15) is 5.60 Å². The maximum Gasteiger partial charge on any atom is 0.410 e. The van der Waals surface area contributed by atoms with Gasteiger partial charge in [0.25, 0.3) is 0 Å². The maximum absolute atomic E-state index is 12.1. The Morgan fingerprint density at radius 1 is 1.32 bits per heavy atom. The number of amides is 1. The van der Waals surface area contributed by atoms with E-state index in [2.05, 4.69) is 20.4 Å². The van der Waals surface area contributed by atoms with Gasteiger partial charge in [-0.3, -0.25) is 4.68 Å². The molecule has 0 aliphatic carbocycles. The Morgan fingerprint density at radius 2 is 2.12 bits per heavy atom.